The van der Waals surface area contributed by atoms with Crippen molar-refractivity contribution in [3.63, 3.8) is 0 Å². The molecular weight excluding hydrogens is 272 g/mol. The number of rotatable bonds is 5. The van der Waals surface area contributed by atoms with Gasteiger partial charge in [0.1, 0.15) is 11.6 Å². The fourth-order valence-electron chi connectivity index (χ4n) is 2.20. The molecule has 0 aromatic carbocycles. The van der Waals surface area contributed by atoms with Gasteiger partial charge in [0.05, 0.1) is 5.69 Å². The highest BCUT2D eigenvalue weighted by Crippen LogP contribution is 2.15. The molecule has 0 saturated carbocycles. The fraction of sp³-hybridized carbons (Fsp3) is 0.357. The van der Waals surface area contributed by atoms with Crippen LogP contribution in [0, 0.1) is 13.8 Å². The van der Waals surface area contributed by atoms with E-state index in [0.717, 1.165) is 47.9 Å². The number of thiophene rings is 1. The third-order valence-corrected chi connectivity index (χ3v) is 4.16. The van der Waals surface area contributed by atoms with E-state index in [1.807, 2.05) is 13.8 Å². The Labute approximate surface area is 121 Å². The molecule has 0 fully saturated rings. The van der Waals surface area contributed by atoms with Crippen LogP contribution >= 0.6 is 11.3 Å². The Morgan fingerprint density at radius 1 is 1.30 bits per heavy atom. The average Bonchev–Trinajstić information content (AvgIpc) is 3.14. The zero-order chi connectivity index (χ0) is 13.9. The molecule has 0 unspecified atom stereocenters. The van der Waals surface area contributed by atoms with Gasteiger partial charge in [-0.1, -0.05) is 11.2 Å². The summed E-state index contributed by atoms with van der Waals surface area (Å²) in [4.78, 5) is 5.82. The Balaban J connectivity index is 1.63. The van der Waals surface area contributed by atoms with Gasteiger partial charge in [0, 0.05) is 23.3 Å². The number of aromatic nitrogens is 4. The molecule has 3 aromatic heterocycles. The summed E-state index contributed by atoms with van der Waals surface area (Å²) in [5.41, 5.74) is 2.12. The molecule has 0 radical (unpaired) electrons. The molecule has 0 saturated heterocycles. The SMILES string of the molecule is Cc1noc(C)c1CCc1n[nH]c(Cc2cccs2)n1. The summed E-state index contributed by atoms with van der Waals surface area (Å²) in [5.74, 6) is 2.65. The van der Waals surface area contributed by atoms with E-state index in [2.05, 4.69) is 37.9 Å². The first-order valence-electron chi connectivity index (χ1n) is 6.56. The number of aromatic amines is 1. The third kappa shape index (κ3) is 2.80. The van der Waals surface area contributed by atoms with Crippen molar-refractivity contribution in [1.82, 2.24) is 20.3 Å². The van der Waals surface area contributed by atoms with Crippen LogP contribution in [0.1, 0.15) is 33.5 Å². The summed E-state index contributed by atoms with van der Waals surface area (Å²) in [6.07, 6.45) is 2.47. The summed E-state index contributed by atoms with van der Waals surface area (Å²) in [5, 5.41) is 13.3. The summed E-state index contributed by atoms with van der Waals surface area (Å²) >= 11 is 1.73. The van der Waals surface area contributed by atoms with Crippen LogP contribution in [0.2, 0.25) is 0 Å². The maximum atomic E-state index is 5.16. The van der Waals surface area contributed by atoms with Crippen molar-refractivity contribution in [3.05, 3.63) is 51.1 Å². The first-order valence-corrected chi connectivity index (χ1v) is 7.44. The van der Waals surface area contributed by atoms with Crippen LogP contribution in [0.4, 0.5) is 0 Å². The smallest absolute Gasteiger partial charge is 0.151 e. The number of aryl methyl sites for hydroxylation is 3. The zero-order valence-corrected chi connectivity index (χ0v) is 12.3. The lowest BCUT2D eigenvalue weighted by Gasteiger charge is -1.96. The number of nitrogens with one attached hydrogen (secondary N) is 1. The molecule has 0 amide bonds. The molecule has 0 bridgehead atoms. The van der Waals surface area contributed by atoms with Gasteiger partial charge in [-0.3, -0.25) is 5.10 Å². The van der Waals surface area contributed by atoms with Crippen LogP contribution in [0.5, 0.6) is 0 Å². The van der Waals surface area contributed by atoms with Crippen molar-refractivity contribution >= 4 is 11.3 Å². The fourth-order valence-corrected chi connectivity index (χ4v) is 2.91. The Morgan fingerprint density at radius 3 is 2.90 bits per heavy atom. The van der Waals surface area contributed by atoms with Crippen molar-refractivity contribution in [1.29, 1.82) is 0 Å². The lowest BCUT2D eigenvalue weighted by Crippen LogP contribution is -1.96. The number of hydrogen-bond donors (Lipinski definition) is 1. The van der Waals surface area contributed by atoms with Gasteiger partial charge in [-0.2, -0.15) is 5.10 Å². The average molecular weight is 288 g/mol. The van der Waals surface area contributed by atoms with E-state index >= 15 is 0 Å². The van der Waals surface area contributed by atoms with E-state index in [-0.39, 0.29) is 0 Å². The van der Waals surface area contributed by atoms with Gasteiger partial charge in [0.15, 0.2) is 5.82 Å². The number of nitrogens with zero attached hydrogens (tertiary/aromatic N) is 3. The molecule has 1 N–H and O–H groups in total. The normalized spacial score (nSPS) is 11.1. The molecule has 0 aliphatic heterocycles. The first-order chi connectivity index (χ1) is 9.72. The van der Waals surface area contributed by atoms with E-state index in [9.17, 15) is 0 Å². The van der Waals surface area contributed by atoms with Crippen LogP contribution in [0.3, 0.4) is 0 Å². The van der Waals surface area contributed by atoms with Gasteiger partial charge in [0.2, 0.25) is 0 Å². The van der Waals surface area contributed by atoms with Gasteiger partial charge in [-0.15, -0.1) is 11.3 Å². The highest BCUT2D eigenvalue weighted by Gasteiger charge is 2.11. The molecule has 3 rings (SSSR count). The van der Waals surface area contributed by atoms with E-state index in [0.29, 0.717) is 0 Å². The minimum absolute atomic E-state index is 0.795. The van der Waals surface area contributed by atoms with Crippen LogP contribution in [0.15, 0.2) is 22.0 Å². The minimum atomic E-state index is 0.795. The van der Waals surface area contributed by atoms with E-state index in [1.165, 1.54) is 4.88 Å². The molecule has 20 heavy (non-hydrogen) atoms. The van der Waals surface area contributed by atoms with Gasteiger partial charge >= 0.3 is 0 Å². The molecule has 5 nitrogen and oxygen atoms in total. The predicted molar refractivity (Wildman–Crippen MR) is 76.9 cm³/mol. The molecule has 0 aliphatic carbocycles. The van der Waals surface area contributed by atoms with E-state index < -0.39 is 0 Å². The predicted octanol–water partition coefficient (Wildman–Crippen LogP) is 2.85. The lowest BCUT2D eigenvalue weighted by atomic mass is 10.1. The minimum Gasteiger partial charge on any atom is -0.361 e. The van der Waals surface area contributed by atoms with Crippen molar-refractivity contribution in [2.75, 3.05) is 0 Å². The maximum Gasteiger partial charge on any atom is 0.151 e. The quantitative estimate of drug-likeness (QED) is 0.784. The molecule has 0 atom stereocenters. The van der Waals surface area contributed by atoms with Gasteiger partial charge < -0.3 is 4.52 Å². The standard InChI is InChI=1S/C14H16N4OS/c1-9-12(10(2)19-18-9)5-6-13-15-14(17-16-13)8-11-4-3-7-20-11/h3-4,7H,5-6,8H2,1-2H3,(H,15,16,17). The summed E-state index contributed by atoms with van der Waals surface area (Å²) in [6.45, 7) is 3.90. The third-order valence-electron chi connectivity index (χ3n) is 3.28. The highest BCUT2D eigenvalue weighted by atomic mass is 32.1. The largest absolute Gasteiger partial charge is 0.361 e. The van der Waals surface area contributed by atoms with Crippen LogP contribution in [0.25, 0.3) is 0 Å². The summed E-state index contributed by atoms with van der Waals surface area (Å²) in [7, 11) is 0. The highest BCUT2D eigenvalue weighted by molar-refractivity contribution is 7.09. The number of H-pyrrole nitrogens is 1. The van der Waals surface area contributed by atoms with Crippen LogP contribution in [-0.4, -0.2) is 20.3 Å². The van der Waals surface area contributed by atoms with Crippen LogP contribution < -0.4 is 0 Å². The first kappa shape index (κ1) is 13.1. The molecule has 3 heterocycles. The zero-order valence-electron chi connectivity index (χ0n) is 11.5. The Kier molecular flexibility index (Phi) is 3.64. The van der Waals surface area contributed by atoms with Crippen molar-refractivity contribution in [3.8, 4) is 0 Å². The molecule has 104 valence electrons. The van der Waals surface area contributed by atoms with Gasteiger partial charge in [-0.05, 0) is 31.7 Å². The second-order valence-electron chi connectivity index (χ2n) is 4.76. The molecule has 6 heteroatoms. The van der Waals surface area contributed by atoms with Gasteiger partial charge in [0.25, 0.3) is 0 Å². The molecule has 3 aromatic rings. The topological polar surface area (TPSA) is 67.6 Å². The molecule has 0 aliphatic rings. The van der Waals surface area contributed by atoms with E-state index in [1.54, 1.807) is 11.3 Å². The lowest BCUT2D eigenvalue weighted by molar-refractivity contribution is 0.392. The second-order valence-corrected chi connectivity index (χ2v) is 5.79. The maximum absolute atomic E-state index is 5.16. The van der Waals surface area contributed by atoms with E-state index in [4.69, 9.17) is 4.52 Å². The Bertz CT molecular complexity index is 664. The van der Waals surface area contributed by atoms with Gasteiger partial charge in [-0.25, -0.2) is 4.98 Å². The van der Waals surface area contributed by atoms with Crippen molar-refractivity contribution in [2.24, 2.45) is 0 Å². The van der Waals surface area contributed by atoms with Crippen molar-refractivity contribution in [2.45, 2.75) is 33.1 Å². The monoisotopic (exact) mass is 288 g/mol. The molecular formula is C14H16N4OS. The number of hydrogen-bond acceptors (Lipinski definition) is 5. The molecule has 0 spiro atoms. The second kappa shape index (κ2) is 5.58. The van der Waals surface area contributed by atoms with Crippen molar-refractivity contribution < 1.29 is 4.52 Å². The summed E-state index contributed by atoms with van der Waals surface area (Å²) in [6, 6.07) is 4.16. The Hall–Kier alpha value is -1.95. The van der Waals surface area contributed by atoms with Crippen LogP contribution in [-0.2, 0) is 19.3 Å². The Morgan fingerprint density at radius 2 is 2.20 bits per heavy atom. The summed E-state index contributed by atoms with van der Waals surface area (Å²) < 4.78 is 5.16.